The van der Waals surface area contributed by atoms with Crippen molar-refractivity contribution >= 4 is 39.9 Å². The number of amides is 1. The Kier molecular flexibility index (Phi) is 5.98. The van der Waals surface area contributed by atoms with Crippen LogP contribution in [0, 0.1) is 0 Å². The Balaban J connectivity index is 1.75. The molecule has 2 aromatic heterocycles. The summed E-state index contributed by atoms with van der Waals surface area (Å²) in [5.41, 5.74) is 1.31. The molecule has 134 valence electrons. The van der Waals surface area contributed by atoms with Crippen LogP contribution in [-0.2, 0) is 29.1 Å². The van der Waals surface area contributed by atoms with E-state index in [2.05, 4.69) is 4.98 Å². The molecule has 1 aromatic carbocycles. The lowest BCUT2D eigenvalue weighted by Crippen LogP contribution is -2.30. The standard InChI is InChI=1S/C18H16N2O4S2/c21-16(22)9-14-12-26-17(19-14)20(10-15-7-4-8-25-15)18(23)24-11-13-5-2-1-3-6-13/h1-8,12H,9-11H2,(H,21,22). The Morgan fingerprint density at radius 1 is 1.12 bits per heavy atom. The SMILES string of the molecule is O=C(O)Cc1csc(N(Cc2cccs2)C(=O)OCc2ccccc2)n1. The van der Waals surface area contributed by atoms with Crippen LogP contribution >= 0.6 is 22.7 Å². The summed E-state index contributed by atoms with van der Waals surface area (Å²) in [6.45, 7) is 0.485. The number of aliphatic carboxylic acids is 1. The van der Waals surface area contributed by atoms with Gasteiger partial charge in [-0.05, 0) is 17.0 Å². The highest BCUT2D eigenvalue weighted by Crippen LogP contribution is 2.25. The van der Waals surface area contributed by atoms with Crippen LogP contribution in [0.4, 0.5) is 9.93 Å². The second-order valence-electron chi connectivity index (χ2n) is 5.40. The number of carboxylic acids is 1. The van der Waals surface area contributed by atoms with Gasteiger partial charge < -0.3 is 9.84 Å². The number of anilines is 1. The Morgan fingerprint density at radius 3 is 2.62 bits per heavy atom. The topological polar surface area (TPSA) is 79.7 Å². The van der Waals surface area contributed by atoms with Crippen molar-refractivity contribution in [2.45, 2.75) is 19.6 Å². The van der Waals surface area contributed by atoms with Gasteiger partial charge in [-0.1, -0.05) is 36.4 Å². The van der Waals surface area contributed by atoms with Crippen LogP contribution in [0.25, 0.3) is 0 Å². The maximum atomic E-state index is 12.6. The smallest absolute Gasteiger partial charge is 0.416 e. The van der Waals surface area contributed by atoms with E-state index in [1.807, 2.05) is 47.8 Å². The predicted molar refractivity (Wildman–Crippen MR) is 101 cm³/mol. The van der Waals surface area contributed by atoms with Gasteiger partial charge in [-0.15, -0.1) is 22.7 Å². The van der Waals surface area contributed by atoms with Crippen molar-refractivity contribution in [1.82, 2.24) is 4.98 Å². The molecule has 0 aliphatic carbocycles. The van der Waals surface area contributed by atoms with Crippen LogP contribution in [0.2, 0.25) is 0 Å². The minimum Gasteiger partial charge on any atom is -0.481 e. The van der Waals surface area contributed by atoms with E-state index in [9.17, 15) is 9.59 Å². The molecular weight excluding hydrogens is 372 g/mol. The Morgan fingerprint density at radius 2 is 1.92 bits per heavy atom. The molecule has 0 aliphatic rings. The number of hydrogen-bond donors (Lipinski definition) is 1. The first kappa shape index (κ1) is 18.1. The number of hydrogen-bond acceptors (Lipinski definition) is 6. The van der Waals surface area contributed by atoms with E-state index in [-0.39, 0.29) is 13.0 Å². The molecule has 0 saturated carbocycles. The van der Waals surface area contributed by atoms with Gasteiger partial charge in [0.1, 0.15) is 6.61 Å². The van der Waals surface area contributed by atoms with Crippen LogP contribution in [-0.4, -0.2) is 22.2 Å². The zero-order valence-corrected chi connectivity index (χ0v) is 15.3. The molecule has 1 N–H and O–H groups in total. The third-order valence-corrected chi connectivity index (χ3v) is 5.20. The molecule has 8 heteroatoms. The molecule has 0 spiro atoms. The number of thiazole rings is 1. The Bertz CT molecular complexity index is 862. The van der Waals surface area contributed by atoms with E-state index in [0.29, 0.717) is 17.4 Å². The van der Waals surface area contributed by atoms with Crippen molar-refractivity contribution in [2.24, 2.45) is 0 Å². The molecular formula is C18H16N2O4S2. The fourth-order valence-electron chi connectivity index (χ4n) is 2.22. The molecule has 0 saturated heterocycles. The van der Waals surface area contributed by atoms with Crippen LogP contribution in [0.5, 0.6) is 0 Å². The fourth-order valence-corrected chi connectivity index (χ4v) is 3.73. The average Bonchev–Trinajstić information content (AvgIpc) is 3.30. The molecule has 0 fully saturated rings. The minimum absolute atomic E-state index is 0.161. The molecule has 1 amide bonds. The van der Waals surface area contributed by atoms with E-state index in [1.54, 1.807) is 5.38 Å². The largest absolute Gasteiger partial charge is 0.481 e. The monoisotopic (exact) mass is 388 g/mol. The number of carboxylic acid groups (broad SMARTS) is 1. The fraction of sp³-hybridized carbons (Fsp3) is 0.167. The van der Waals surface area contributed by atoms with Gasteiger partial charge in [0.2, 0.25) is 0 Å². The lowest BCUT2D eigenvalue weighted by atomic mass is 10.2. The van der Waals surface area contributed by atoms with Gasteiger partial charge in [-0.25, -0.2) is 14.7 Å². The van der Waals surface area contributed by atoms with Crippen LogP contribution in [0.15, 0.2) is 53.2 Å². The van der Waals surface area contributed by atoms with Gasteiger partial charge in [-0.2, -0.15) is 0 Å². The molecule has 6 nitrogen and oxygen atoms in total. The van der Waals surface area contributed by atoms with Gasteiger partial charge in [0.25, 0.3) is 0 Å². The maximum Gasteiger partial charge on any atom is 0.416 e. The van der Waals surface area contributed by atoms with Crippen molar-refractivity contribution < 1.29 is 19.4 Å². The van der Waals surface area contributed by atoms with Gasteiger partial charge in [-0.3, -0.25) is 4.79 Å². The lowest BCUT2D eigenvalue weighted by Gasteiger charge is -2.18. The molecule has 0 radical (unpaired) electrons. The van der Waals surface area contributed by atoms with Gasteiger partial charge in [0.15, 0.2) is 5.13 Å². The summed E-state index contributed by atoms with van der Waals surface area (Å²) in [6, 6.07) is 13.3. The number of carbonyl (C=O) groups is 2. The van der Waals surface area contributed by atoms with E-state index in [1.165, 1.54) is 27.6 Å². The molecule has 26 heavy (non-hydrogen) atoms. The quantitative estimate of drug-likeness (QED) is 0.657. The maximum absolute atomic E-state index is 12.6. The molecule has 0 bridgehead atoms. The van der Waals surface area contributed by atoms with Crippen molar-refractivity contribution in [3.05, 3.63) is 69.4 Å². The summed E-state index contributed by atoms with van der Waals surface area (Å²) in [5, 5.41) is 12.9. The highest BCUT2D eigenvalue weighted by atomic mass is 32.1. The highest BCUT2D eigenvalue weighted by molar-refractivity contribution is 7.14. The highest BCUT2D eigenvalue weighted by Gasteiger charge is 2.22. The third-order valence-electron chi connectivity index (χ3n) is 3.42. The normalized spacial score (nSPS) is 10.5. The van der Waals surface area contributed by atoms with Gasteiger partial charge in [0.05, 0.1) is 18.7 Å². The second-order valence-corrected chi connectivity index (χ2v) is 7.27. The molecule has 2 heterocycles. The van der Waals surface area contributed by atoms with Crippen LogP contribution < -0.4 is 4.90 Å². The molecule has 0 aliphatic heterocycles. The Hall–Kier alpha value is -2.71. The van der Waals surface area contributed by atoms with Crippen molar-refractivity contribution in [2.75, 3.05) is 4.90 Å². The summed E-state index contributed by atoms with van der Waals surface area (Å²) in [6.07, 6.45) is -0.693. The van der Waals surface area contributed by atoms with Crippen LogP contribution in [0.3, 0.4) is 0 Å². The molecule has 3 rings (SSSR count). The van der Waals surface area contributed by atoms with Crippen LogP contribution in [0.1, 0.15) is 16.1 Å². The second kappa shape index (κ2) is 8.59. The predicted octanol–water partition coefficient (Wildman–Crippen LogP) is 4.18. The first-order chi connectivity index (χ1) is 12.6. The van der Waals surface area contributed by atoms with Gasteiger partial charge in [0, 0.05) is 10.3 Å². The summed E-state index contributed by atoms with van der Waals surface area (Å²) in [7, 11) is 0. The molecule has 3 aromatic rings. The van der Waals surface area contributed by atoms with Crippen molar-refractivity contribution in [3.63, 3.8) is 0 Å². The number of aromatic nitrogens is 1. The summed E-state index contributed by atoms with van der Waals surface area (Å²) < 4.78 is 5.43. The first-order valence-electron chi connectivity index (χ1n) is 7.78. The van der Waals surface area contributed by atoms with Gasteiger partial charge >= 0.3 is 12.1 Å². The van der Waals surface area contributed by atoms with Crippen molar-refractivity contribution in [3.8, 4) is 0 Å². The zero-order valence-electron chi connectivity index (χ0n) is 13.7. The minimum atomic E-state index is -0.960. The number of ether oxygens (including phenoxy) is 1. The Labute approximate surface area is 158 Å². The van der Waals surface area contributed by atoms with E-state index < -0.39 is 12.1 Å². The third kappa shape index (κ3) is 4.90. The zero-order chi connectivity index (χ0) is 18.4. The number of carbonyl (C=O) groups excluding carboxylic acids is 1. The number of rotatable bonds is 7. The number of thiophene rings is 1. The first-order valence-corrected chi connectivity index (χ1v) is 9.54. The summed E-state index contributed by atoms with van der Waals surface area (Å²) >= 11 is 2.76. The lowest BCUT2D eigenvalue weighted by molar-refractivity contribution is -0.136. The average molecular weight is 388 g/mol. The summed E-state index contributed by atoms with van der Waals surface area (Å²) in [4.78, 5) is 30.2. The number of nitrogens with zero attached hydrogens (tertiary/aromatic N) is 2. The van der Waals surface area contributed by atoms with E-state index >= 15 is 0 Å². The van der Waals surface area contributed by atoms with E-state index in [4.69, 9.17) is 9.84 Å². The molecule has 0 unspecified atom stereocenters. The summed E-state index contributed by atoms with van der Waals surface area (Å²) in [5.74, 6) is -0.960. The molecule has 0 atom stereocenters. The van der Waals surface area contributed by atoms with E-state index in [0.717, 1.165) is 10.4 Å². The number of benzene rings is 1. The van der Waals surface area contributed by atoms with Crippen molar-refractivity contribution in [1.29, 1.82) is 0 Å².